The Morgan fingerprint density at radius 3 is 2.90 bits per heavy atom. The van der Waals surface area contributed by atoms with E-state index in [2.05, 4.69) is 28.3 Å². The van der Waals surface area contributed by atoms with Gasteiger partial charge in [0, 0.05) is 18.3 Å². The van der Waals surface area contributed by atoms with E-state index < -0.39 is 0 Å². The SMILES string of the molecule is CC(Cc1ccsc1)n1c(CCCl)nc2cccc(Cl)c21. The predicted molar refractivity (Wildman–Crippen MR) is 91.9 cm³/mol. The van der Waals surface area contributed by atoms with Crippen LogP contribution in [0.25, 0.3) is 11.0 Å². The van der Waals surface area contributed by atoms with Gasteiger partial charge in [0.2, 0.25) is 0 Å². The van der Waals surface area contributed by atoms with Crippen molar-refractivity contribution in [1.82, 2.24) is 9.55 Å². The molecule has 3 rings (SSSR count). The summed E-state index contributed by atoms with van der Waals surface area (Å²) in [5, 5.41) is 5.05. The summed E-state index contributed by atoms with van der Waals surface area (Å²) in [5.41, 5.74) is 3.31. The molecule has 0 aliphatic heterocycles. The Morgan fingerprint density at radius 1 is 1.33 bits per heavy atom. The minimum atomic E-state index is 0.294. The lowest BCUT2D eigenvalue weighted by molar-refractivity contribution is 0.538. The van der Waals surface area contributed by atoms with Crippen molar-refractivity contribution in [3.63, 3.8) is 0 Å². The van der Waals surface area contributed by atoms with Gasteiger partial charge in [-0.2, -0.15) is 11.3 Å². The van der Waals surface area contributed by atoms with Gasteiger partial charge in [-0.3, -0.25) is 0 Å². The molecule has 0 spiro atoms. The van der Waals surface area contributed by atoms with Gasteiger partial charge in [-0.25, -0.2) is 4.98 Å². The minimum absolute atomic E-state index is 0.294. The van der Waals surface area contributed by atoms with Gasteiger partial charge in [0.15, 0.2) is 0 Å². The van der Waals surface area contributed by atoms with Crippen LogP contribution in [0.15, 0.2) is 35.0 Å². The molecule has 0 aliphatic carbocycles. The fourth-order valence-electron chi connectivity index (χ4n) is 2.73. The Hall–Kier alpha value is -1.03. The Labute approximate surface area is 138 Å². The van der Waals surface area contributed by atoms with E-state index in [0.717, 1.165) is 34.7 Å². The van der Waals surface area contributed by atoms with Crippen molar-refractivity contribution in [2.24, 2.45) is 0 Å². The monoisotopic (exact) mass is 338 g/mol. The molecule has 2 aromatic heterocycles. The lowest BCUT2D eigenvalue weighted by Gasteiger charge is -2.17. The number of benzene rings is 1. The van der Waals surface area contributed by atoms with Crippen molar-refractivity contribution < 1.29 is 0 Å². The van der Waals surface area contributed by atoms with Crippen molar-refractivity contribution in [1.29, 1.82) is 0 Å². The number of para-hydroxylation sites is 1. The van der Waals surface area contributed by atoms with E-state index in [9.17, 15) is 0 Å². The molecule has 1 aromatic carbocycles. The molecule has 1 unspecified atom stereocenters. The fraction of sp³-hybridized carbons (Fsp3) is 0.312. The highest BCUT2D eigenvalue weighted by atomic mass is 35.5. The summed E-state index contributed by atoms with van der Waals surface area (Å²) in [7, 11) is 0. The highest BCUT2D eigenvalue weighted by Crippen LogP contribution is 2.29. The molecular formula is C16H16Cl2N2S. The van der Waals surface area contributed by atoms with Crippen LogP contribution < -0.4 is 0 Å². The summed E-state index contributed by atoms with van der Waals surface area (Å²) in [6.07, 6.45) is 1.72. The van der Waals surface area contributed by atoms with Crippen LogP contribution in [0.3, 0.4) is 0 Å². The molecular weight excluding hydrogens is 323 g/mol. The number of rotatable bonds is 5. The smallest absolute Gasteiger partial charge is 0.111 e. The molecule has 21 heavy (non-hydrogen) atoms. The number of hydrogen-bond donors (Lipinski definition) is 0. The van der Waals surface area contributed by atoms with E-state index in [1.165, 1.54) is 5.56 Å². The summed E-state index contributed by atoms with van der Waals surface area (Å²) in [6, 6.07) is 8.33. The average Bonchev–Trinajstić information content (AvgIpc) is 3.07. The third-order valence-corrected chi connectivity index (χ3v) is 4.83. The molecule has 0 saturated heterocycles. The summed E-state index contributed by atoms with van der Waals surface area (Å²) >= 11 is 14.1. The van der Waals surface area contributed by atoms with Crippen LogP contribution in [0.5, 0.6) is 0 Å². The van der Waals surface area contributed by atoms with E-state index in [0.29, 0.717) is 11.9 Å². The lowest BCUT2D eigenvalue weighted by atomic mass is 10.1. The first-order valence-corrected chi connectivity index (χ1v) is 8.78. The first kappa shape index (κ1) is 14.9. The van der Waals surface area contributed by atoms with Gasteiger partial charge in [0.1, 0.15) is 5.82 Å². The topological polar surface area (TPSA) is 17.8 Å². The normalized spacial score (nSPS) is 12.9. The van der Waals surface area contributed by atoms with Crippen molar-refractivity contribution in [3.8, 4) is 0 Å². The average molecular weight is 339 g/mol. The van der Waals surface area contributed by atoms with Gasteiger partial charge in [0.25, 0.3) is 0 Å². The zero-order chi connectivity index (χ0) is 14.8. The van der Waals surface area contributed by atoms with Gasteiger partial charge >= 0.3 is 0 Å². The summed E-state index contributed by atoms with van der Waals surface area (Å²) in [5.74, 6) is 1.57. The summed E-state index contributed by atoms with van der Waals surface area (Å²) in [4.78, 5) is 4.71. The first-order chi connectivity index (χ1) is 10.2. The van der Waals surface area contributed by atoms with E-state index in [1.807, 2.05) is 18.2 Å². The Balaban J connectivity index is 2.07. The van der Waals surface area contributed by atoms with E-state index in [4.69, 9.17) is 28.2 Å². The number of hydrogen-bond acceptors (Lipinski definition) is 2. The zero-order valence-electron chi connectivity index (χ0n) is 11.7. The predicted octanol–water partition coefficient (Wildman–Crippen LogP) is 5.34. The van der Waals surface area contributed by atoms with Crippen LogP contribution in [-0.2, 0) is 12.8 Å². The van der Waals surface area contributed by atoms with Crippen molar-refractivity contribution >= 4 is 45.6 Å². The molecule has 0 N–H and O–H groups in total. The van der Waals surface area contributed by atoms with Crippen LogP contribution in [0, 0.1) is 0 Å². The molecule has 0 amide bonds. The molecule has 0 radical (unpaired) electrons. The summed E-state index contributed by atoms with van der Waals surface area (Å²) < 4.78 is 2.25. The van der Waals surface area contributed by atoms with E-state index in [1.54, 1.807) is 11.3 Å². The van der Waals surface area contributed by atoms with Crippen LogP contribution in [0.2, 0.25) is 5.02 Å². The second-order valence-electron chi connectivity index (χ2n) is 5.13. The van der Waals surface area contributed by atoms with Gasteiger partial charge in [-0.1, -0.05) is 17.7 Å². The van der Waals surface area contributed by atoms with Gasteiger partial charge in [0.05, 0.1) is 16.1 Å². The molecule has 5 heteroatoms. The maximum Gasteiger partial charge on any atom is 0.111 e. The molecule has 2 heterocycles. The second kappa shape index (κ2) is 6.39. The number of alkyl halides is 1. The van der Waals surface area contributed by atoms with Crippen LogP contribution in [0.1, 0.15) is 24.4 Å². The number of aromatic nitrogens is 2. The molecule has 110 valence electrons. The minimum Gasteiger partial charge on any atom is -0.324 e. The summed E-state index contributed by atoms with van der Waals surface area (Å²) in [6.45, 7) is 2.21. The Bertz CT molecular complexity index is 734. The molecule has 0 bridgehead atoms. The Kier molecular flexibility index (Phi) is 4.53. The standard InChI is InChI=1S/C16H16Cl2N2S/c1-11(9-12-6-8-21-10-12)20-15(5-7-17)19-14-4-2-3-13(18)16(14)20/h2-4,6,8,10-11H,5,7,9H2,1H3. The largest absolute Gasteiger partial charge is 0.324 e. The van der Waals surface area contributed by atoms with Crippen LogP contribution in [0.4, 0.5) is 0 Å². The fourth-order valence-corrected chi connectivity index (χ4v) is 3.84. The second-order valence-corrected chi connectivity index (χ2v) is 6.69. The molecule has 0 aliphatic rings. The number of nitrogens with zero attached hydrogens (tertiary/aromatic N) is 2. The highest BCUT2D eigenvalue weighted by Gasteiger charge is 2.18. The molecule has 1 atom stereocenters. The number of aryl methyl sites for hydroxylation is 1. The maximum atomic E-state index is 6.41. The third kappa shape index (κ3) is 2.96. The highest BCUT2D eigenvalue weighted by molar-refractivity contribution is 7.07. The number of halogens is 2. The van der Waals surface area contributed by atoms with Crippen molar-refractivity contribution in [2.75, 3.05) is 5.88 Å². The van der Waals surface area contributed by atoms with Gasteiger partial charge in [-0.15, -0.1) is 11.6 Å². The third-order valence-electron chi connectivity index (χ3n) is 3.60. The van der Waals surface area contributed by atoms with E-state index >= 15 is 0 Å². The first-order valence-electron chi connectivity index (χ1n) is 6.93. The molecule has 0 fully saturated rings. The van der Waals surface area contributed by atoms with Crippen molar-refractivity contribution in [2.45, 2.75) is 25.8 Å². The molecule has 3 aromatic rings. The Morgan fingerprint density at radius 2 is 2.19 bits per heavy atom. The van der Waals surface area contributed by atoms with Gasteiger partial charge < -0.3 is 4.57 Å². The number of fused-ring (bicyclic) bond motifs is 1. The number of imidazole rings is 1. The number of thiophene rings is 1. The van der Waals surface area contributed by atoms with Gasteiger partial charge in [-0.05, 0) is 47.9 Å². The van der Waals surface area contributed by atoms with Crippen LogP contribution >= 0.6 is 34.5 Å². The maximum absolute atomic E-state index is 6.41. The quantitative estimate of drug-likeness (QED) is 0.574. The molecule has 0 saturated carbocycles. The zero-order valence-corrected chi connectivity index (χ0v) is 14.0. The molecule has 2 nitrogen and oxygen atoms in total. The lowest BCUT2D eigenvalue weighted by Crippen LogP contribution is -2.12. The van der Waals surface area contributed by atoms with Crippen molar-refractivity contribution in [3.05, 3.63) is 51.4 Å². The van der Waals surface area contributed by atoms with Crippen LogP contribution in [-0.4, -0.2) is 15.4 Å². The van der Waals surface area contributed by atoms with E-state index in [-0.39, 0.29) is 0 Å².